The Balaban J connectivity index is 2.06. The number of rotatable bonds is 7. The fraction of sp³-hybridized carbons (Fsp3) is 0.636. The van der Waals surface area contributed by atoms with E-state index in [9.17, 15) is 9.59 Å². The molecule has 0 radical (unpaired) electrons. The van der Waals surface area contributed by atoms with Crippen molar-refractivity contribution >= 4 is 17.6 Å². The van der Waals surface area contributed by atoms with Crippen molar-refractivity contribution in [2.75, 3.05) is 31.6 Å². The van der Waals surface area contributed by atoms with E-state index < -0.39 is 0 Å². The monoisotopic (exact) mass is 374 g/mol. The Labute approximate surface area is 163 Å². The quantitative estimate of drug-likeness (QED) is 0.729. The molecule has 1 fully saturated rings. The number of carbonyl (C=O) groups excluding carboxylic acids is 2. The van der Waals surface area contributed by atoms with E-state index in [0.717, 1.165) is 36.2 Å². The largest absolute Gasteiger partial charge is 0.466 e. The molecular weight excluding hydrogens is 340 g/mol. The molecule has 5 heteroatoms. The van der Waals surface area contributed by atoms with Crippen molar-refractivity contribution in [2.45, 2.75) is 59.3 Å². The van der Waals surface area contributed by atoms with Gasteiger partial charge in [0.15, 0.2) is 0 Å². The van der Waals surface area contributed by atoms with Crippen LogP contribution in [-0.4, -0.2) is 43.0 Å². The number of hydrogen-bond acceptors (Lipinski definition) is 4. The zero-order chi connectivity index (χ0) is 20.0. The predicted molar refractivity (Wildman–Crippen MR) is 109 cm³/mol. The molecule has 150 valence electrons. The molecule has 5 nitrogen and oxygen atoms in total. The molecule has 1 aromatic rings. The van der Waals surface area contributed by atoms with Crippen molar-refractivity contribution in [3.05, 3.63) is 29.3 Å². The van der Waals surface area contributed by atoms with E-state index in [-0.39, 0.29) is 17.8 Å². The zero-order valence-electron chi connectivity index (χ0n) is 17.4. The third-order valence-electron chi connectivity index (χ3n) is 5.13. The molecule has 0 aromatic heterocycles. The number of para-hydroxylation sites is 1. The van der Waals surface area contributed by atoms with Gasteiger partial charge in [0.05, 0.1) is 19.1 Å². The first kappa shape index (κ1) is 21.4. The van der Waals surface area contributed by atoms with Gasteiger partial charge in [0.1, 0.15) is 0 Å². The minimum absolute atomic E-state index is 0.0190. The maximum Gasteiger partial charge on any atom is 0.310 e. The Bertz CT molecular complexity index is 629. The Kier molecular flexibility index (Phi) is 7.84. The third-order valence-corrected chi connectivity index (χ3v) is 5.13. The summed E-state index contributed by atoms with van der Waals surface area (Å²) in [5.41, 5.74) is 3.28. The number of benzene rings is 1. The summed E-state index contributed by atoms with van der Waals surface area (Å²) in [6.45, 7) is 12.5. The maximum atomic E-state index is 12.8. The summed E-state index contributed by atoms with van der Waals surface area (Å²) in [6.07, 6.45) is 1.75. The molecule has 0 saturated carbocycles. The summed E-state index contributed by atoms with van der Waals surface area (Å²) in [6, 6.07) is 6.24. The molecule has 1 unspecified atom stereocenters. The van der Waals surface area contributed by atoms with Crippen molar-refractivity contribution in [1.82, 2.24) is 4.90 Å². The van der Waals surface area contributed by atoms with Crippen LogP contribution in [0.15, 0.2) is 18.2 Å². The summed E-state index contributed by atoms with van der Waals surface area (Å²) in [5.74, 6) is 0.384. The second-order valence-electron chi connectivity index (χ2n) is 8.00. The summed E-state index contributed by atoms with van der Waals surface area (Å²) in [5, 5.41) is 3.16. The van der Waals surface area contributed by atoms with E-state index in [2.05, 4.69) is 56.1 Å². The molecule has 1 aliphatic heterocycles. The van der Waals surface area contributed by atoms with Gasteiger partial charge in [0.2, 0.25) is 5.91 Å². The van der Waals surface area contributed by atoms with Crippen molar-refractivity contribution < 1.29 is 14.3 Å². The molecule has 27 heavy (non-hydrogen) atoms. The molecule has 1 atom stereocenters. The van der Waals surface area contributed by atoms with E-state index >= 15 is 0 Å². The first-order chi connectivity index (χ1) is 12.8. The van der Waals surface area contributed by atoms with Gasteiger partial charge < -0.3 is 10.1 Å². The number of anilines is 1. The number of likely N-dealkylation sites (tertiary alicyclic amines) is 1. The van der Waals surface area contributed by atoms with E-state index in [0.29, 0.717) is 31.5 Å². The average Bonchev–Trinajstić information content (AvgIpc) is 2.61. The number of esters is 1. The molecular formula is C22H34N2O3. The Morgan fingerprint density at radius 2 is 1.81 bits per heavy atom. The minimum Gasteiger partial charge on any atom is -0.466 e. The number of amides is 1. The van der Waals surface area contributed by atoms with Crippen LogP contribution >= 0.6 is 0 Å². The highest BCUT2D eigenvalue weighted by Crippen LogP contribution is 2.32. The molecule has 1 aromatic carbocycles. The van der Waals surface area contributed by atoms with Crippen LogP contribution in [0.2, 0.25) is 0 Å². The molecule has 1 amide bonds. The highest BCUT2D eigenvalue weighted by molar-refractivity contribution is 5.94. The van der Waals surface area contributed by atoms with Crippen LogP contribution in [0.1, 0.15) is 70.4 Å². The fourth-order valence-electron chi connectivity index (χ4n) is 3.73. The van der Waals surface area contributed by atoms with Crippen LogP contribution in [0.25, 0.3) is 0 Å². The van der Waals surface area contributed by atoms with Crippen LogP contribution in [0.4, 0.5) is 5.69 Å². The number of nitrogens with zero attached hydrogens (tertiary/aromatic N) is 1. The van der Waals surface area contributed by atoms with Gasteiger partial charge in [0, 0.05) is 12.2 Å². The van der Waals surface area contributed by atoms with E-state index in [1.54, 1.807) is 0 Å². The summed E-state index contributed by atoms with van der Waals surface area (Å²) in [4.78, 5) is 26.8. The summed E-state index contributed by atoms with van der Waals surface area (Å²) in [7, 11) is 0. The predicted octanol–water partition coefficient (Wildman–Crippen LogP) is 4.15. The number of nitrogens with one attached hydrogen (secondary N) is 1. The molecule has 0 spiro atoms. The van der Waals surface area contributed by atoms with Gasteiger partial charge in [-0.15, -0.1) is 0 Å². The molecule has 1 heterocycles. The van der Waals surface area contributed by atoms with Crippen molar-refractivity contribution in [3.63, 3.8) is 0 Å². The SMILES string of the molecule is CCOC(=O)C1CCCN(CC(=O)Nc2c(C(C)C)cccc2C(C)C)C1. The van der Waals surface area contributed by atoms with Gasteiger partial charge in [-0.1, -0.05) is 45.9 Å². The lowest BCUT2D eigenvalue weighted by molar-refractivity contribution is -0.150. The highest BCUT2D eigenvalue weighted by atomic mass is 16.5. The first-order valence-corrected chi connectivity index (χ1v) is 10.1. The van der Waals surface area contributed by atoms with Gasteiger partial charge in [-0.25, -0.2) is 0 Å². The number of carbonyl (C=O) groups is 2. The molecule has 1 saturated heterocycles. The molecule has 1 aliphatic rings. The number of hydrogen-bond donors (Lipinski definition) is 1. The Morgan fingerprint density at radius 3 is 2.37 bits per heavy atom. The zero-order valence-corrected chi connectivity index (χ0v) is 17.4. The standard InChI is InChI=1S/C22H34N2O3/c1-6-27-22(26)17-9-8-12-24(13-17)14-20(25)23-21-18(15(2)3)10-7-11-19(21)16(4)5/h7,10-11,15-17H,6,8-9,12-14H2,1-5H3,(H,23,25). The van der Waals surface area contributed by atoms with Crippen LogP contribution in [0.5, 0.6) is 0 Å². The molecule has 0 bridgehead atoms. The first-order valence-electron chi connectivity index (χ1n) is 10.1. The van der Waals surface area contributed by atoms with Gasteiger partial charge in [-0.05, 0) is 49.3 Å². The highest BCUT2D eigenvalue weighted by Gasteiger charge is 2.28. The molecule has 2 rings (SSSR count). The van der Waals surface area contributed by atoms with Gasteiger partial charge in [-0.2, -0.15) is 0 Å². The third kappa shape index (κ3) is 5.80. The van der Waals surface area contributed by atoms with Crippen molar-refractivity contribution in [2.24, 2.45) is 5.92 Å². The van der Waals surface area contributed by atoms with Gasteiger partial charge in [0.25, 0.3) is 0 Å². The van der Waals surface area contributed by atoms with Gasteiger partial charge >= 0.3 is 5.97 Å². The van der Waals surface area contributed by atoms with Crippen LogP contribution in [0, 0.1) is 5.92 Å². The Morgan fingerprint density at radius 1 is 1.19 bits per heavy atom. The smallest absolute Gasteiger partial charge is 0.310 e. The molecule has 0 aliphatic carbocycles. The lowest BCUT2D eigenvalue weighted by Gasteiger charge is -2.31. The second kappa shape index (κ2) is 9.88. The average molecular weight is 375 g/mol. The summed E-state index contributed by atoms with van der Waals surface area (Å²) < 4.78 is 5.15. The van der Waals surface area contributed by atoms with Gasteiger partial charge in [-0.3, -0.25) is 14.5 Å². The van der Waals surface area contributed by atoms with Crippen molar-refractivity contribution in [3.8, 4) is 0 Å². The van der Waals surface area contributed by atoms with Crippen LogP contribution in [-0.2, 0) is 14.3 Å². The van der Waals surface area contributed by atoms with Crippen LogP contribution < -0.4 is 5.32 Å². The van der Waals surface area contributed by atoms with E-state index in [1.807, 2.05) is 6.92 Å². The topological polar surface area (TPSA) is 58.6 Å². The lowest BCUT2D eigenvalue weighted by Crippen LogP contribution is -2.43. The Hall–Kier alpha value is -1.88. The maximum absolute atomic E-state index is 12.8. The number of piperidine rings is 1. The van der Waals surface area contributed by atoms with Crippen LogP contribution in [0.3, 0.4) is 0 Å². The number of ether oxygens (including phenoxy) is 1. The van der Waals surface area contributed by atoms with E-state index in [1.165, 1.54) is 0 Å². The summed E-state index contributed by atoms with van der Waals surface area (Å²) >= 11 is 0. The second-order valence-corrected chi connectivity index (χ2v) is 8.00. The van der Waals surface area contributed by atoms with E-state index in [4.69, 9.17) is 4.74 Å². The molecule has 1 N–H and O–H groups in total. The normalized spacial score (nSPS) is 18.0. The van der Waals surface area contributed by atoms with Crippen molar-refractivity contribution in [1.29, 1.82) is 0 Å². The fourth-order valence-corrected chi connectivity index (χ4v) is 3.73. The lowest BCUT2D eigenvalue weighted by atomic mass is 9.92. The minimum atomic E-state index is -0.144.